The van der Waals surface area contributed by atoms with Gasteiger partial charge in [-0.05, 0) is 23.8 Å². The van der Waals surface area contributed by atoms with Crippen LogP contribution in [0.3, 0.4) is 0 Å². The van der Waals surface area contributed by atoms with E-state index in [2.05, 4.69) is 10.6 Å². The number of aromatic hydroxyl groups is 1. The molecule has 116 valence electrons. The highest BCUT2D eigenvalue weighted by molar-refractivity contribution is 6.31. The fourth-order valence-corrected chi connectivity index (χ4v) is 2.02. The molecule has 2 rings (SSSR count). The van der Waals surface area contributed by atoms with Crippen LogP contribution in [-0.4, -0.2) is 11.0 Å². The third-order valence-electron chi connectivity index (χ3n) is 3.01. The van der Waals surface area contributed by atoms with Crippen LogP contribution in [0.15, 0.2) is 60.3 Å². The number of para-hydroxylation sites is 2. The first-order valence-electron chi connectivity index (χ1n) is 6.78. The Hall–Kier alpha value is -2.97. The number of phenols is 1. The molecule has 0 heterocycles. The predicted octanol–water partition coefficient (Wildman–Crippen LogP) is 3.18. The van der Waals surface area contributed by atoms with Crippen LogP contribution >= 0.6 is 11.6 Å². The Labute approximate surface area is 138 Å². The number of carbonyl (C=O) groups excluding carboxylic acids is 1. The van der Waals surface area contributed by atoms with Gasteiger partial charge in [0.1, 0.15) is 17.4 Å². The van der Waals surface area contributed by atoms with Crippen LogP contribution in [0.4, 0.5) is 5.69 Å². The van der Waals surface area contributed by atoms with Crippen molar-refractivity contribution in [3.05, 3.63) is 70.9 Å². The molecular weight excluding hydrogens is 314 g/mol. The van der Waals surface area contributed by atoms with Crippen LogP contribution in [-0.2, 0) is 11.3 Å². The zero-order valence-electron chi connectivity index (χ0n) is 12.1. The molecule has 0 aliphatic heterocycles. The molecule has 0 aliphatic rings. The first kappa shape index (κ1) is 16.4. The number of carbonyl (C=O) groups is 1. The van der Waals surface area contributed by atoms with Crippen molar-refractivity contribution in [3.8, 4) is 11.8 Å². The fourth-order valence-electron chi connectivity index (χ4n) is 1.82. The number of nitriles is 1. The summed E-state index contributed by atoms with van der Waals surface area (Å²) >= 11 is 6.03. The Morgan fingerprint density at radius 2 is 1.91 bits per heavy atom. The minimum absolute atomic E-state index is 0.0674. The summed E-state index contributed by atoms with van der Waals surface area (Å²) < 4.78 is 0. The van der Waals surface area contributed by atoms with Crippen molar-refractivity contribution in [2.45, 2.75) is 6.54 Å². The summed E-state index contributed by atoms with van der Waals surface area (Å²) in [5.41, 5.74) is 0.980. The number of rotatable bonds is 5. The summed E-state index contributed by atoms with van der Waals surface area (Å²) in [5, 5.41) is 24.7. The minimum Gasteiger partial charge on any atom is -0.506 e. The van der Waals surface area contributed by atoms with Crippen molar-refractivity contribution in [1.82, 2.24) is 5.32 Å². The van der Waals surface area contributed by atoms with E-state index in [1.54, 1.807) is 24.3 Å². The summed E-state index contributed by atoms with van der Waals surface area (Å²) in [4.78, 5) is 12.0. The summed E-state index contributed by atoms with van der Waals surface area (Å²) in [5.74, 6) is -0.678. The van der Waals surface area contributed by atoms with Gasteiger partial charge in [0.15, 0.2) is 0 Å². The fraction of sp³-hybridized carbons (Fsp3) is 0.0588. The number of nitrogens with one attached hydrogen (secondary N) is 2. The van der Waals surface area contributed by atoms with E-state index < -0.39 is 5.91 Å². The summed E-state index contributed by atoms with van der Waals surface area (Å²) in [7, 11) is 0. The lowest BCUT2D eigenvalue weighted by Crippen LogP contribution is -2.16. The van der Waals surface area contributed by atoms with Gasteiger partial charge in [-0.25, -0.2) is 0 Å². The van der Waals surface area contributed by atoms with Crippen LogP contribution in [0, 0.1) is 11.3 Å². The molecule has 23 heavy (non-hydrogen) atoms. The maximum Gasteiger partial charge on any atom is 0.267 e. The Morgan fingerprint density at radius 3 is 2.61 bits per heavy atom. The highest BCUT2D eigenvalue weighted by Crippen LogP contribution is 2.21. The van der Waals surface area contributed by atoms with Gasteiger partial charge in [-0.2, -0.15) is 5.26 Å². The van der Waals surface area contributed by atoms with E-state index in [1.165, 1.54) is 12.3 Å². The Balaban J connectivity index is 2.01. The number of benzene rings is 2. The monoisotopic (exact) mass is 327 g/mol. The number of amides is 1. The number of hydrogen-bond acceptors (Lipinski definition) is 4. The van der Waals surface area contributed by atoms with Crippen LogP contribution in [0.1, 0.15) is 5.56 Å². The quantitative estimate of drug-likeness (QED) is 0.447. The number of anilines is 1. The zero-order chi connectivity index (χ0) is 16.7. The van der Waals surface area contributed by atoms with Gasteiger partial charge in [-0.3, -0.25) is 4.79 Å². The summed E-state index contributed by atoms with van der Waals surface area (Å²) in [6.45, 7) is 0.384. The molecule has 2 aromatic rings. The Bertz CT molecular complexity index is 781. The van der Waals surface area contributed by atoms with Gasteiger partial charge in [0.2, 0.25) is 0 Å². The molecule has 0 aromatic heterocycles. The Kier molecular flexibility index (Phi) is 5.61. The topological polar surface area (TPSA) is 85.2 Å². The standard InChI is InChI=1S/C17H14ClN3O2/c18-14-6-2-1-5-12(14)10-20-11-13(9-19)17(23)21-15-7-3-4-8-16(15)22/h1-8,11,20,22H,10H2,(H,21,23)/b13-11-. The first-order valence-corrected chi connectivity index (χ1v) is 7.16. The van der Waals surface area contributed by atoms with Crippen molar-refractivity contribution in [1.29, 1.82) is 5.26 Å². The molecule has 0 spiro atoms. The highest BCUT2D eigenvalue weighted by atomic mass is 35.5. The first-order chi connectivity index (χ1) is 11.1. The SMILES string of the molecule is N#C/C(=C/NCc1ccccc1Cl)C(=O)Nc1ccccc1O. The third kappa shape index (κ3) is 4.50. The molecule has 1 amide bonds. The predicted molar refractivity (Wildman–Crippen MR) is 88.7 cm³/mol. The van der Waals surface area contributed by atoms with Gasteiger partial charge in [0.05, 0.1) is 5.69 Å². The molecule has 0 unspecified atom stereocenters. The van der Waals surface area contributed by atoms with Gasteiger partial charge in [-0.1, -0.05) is 41.9 Å². The second-order valence-corrected chi connectivity index (χ2v) is 5.02. The minimum atomic E-state index is -0.611. The maximum absolute atomic E-state index is 12.0. The lowest BCUT2D eigenvalue weighted by molar-refractivity contribution is -0.112. The molecule has 0 radical (unpaired) electrons. The number of hydrogen-bond donors (Lipinski definition) is 3. The second-order valence-electron chi connectivity index (χ2n) is 4.61. The normalized spacial score (nSPS) is 10.7. The van der Waals surface area contributed by atoms with Gasteiger partial charge < -0.3 is 15.7 Å². The number of nitrogens with zero attached hydrogens (tertiary/aromatic N) is 1. The molecule has 3 N–H and O–H groups in total. The Morgan fingerprint density at radius 1 is 1.22 bits per heavy atom. The molecule has 0 saturated heterocycles. The molecular formula is C17H14ClN3O2. The van der Waals surface area contributed by atoms with Gasteiger partial charge in [0.25, 0.3) is 5.91 Å². The molecule has 0 atom stereocenters. The van der Waals surface area contributed by atoms with Crippen molar-refractivity contribution >= 4 is 23.2 Å². The molecule has 2 aromatic carbocycles. The number of halogens is 1. The van der Waals surface area contributed by atoms with Crippen LogP contribution in [0.2, 0.25) is 5.02 Å². The third-order valence-corrected chi connectivity index (χ3v) is 3.38. The van der Waals surface area contributed by atoms with Gasteiger partial charge in [-0.15, -0.1) is 0 Å². The molecule has 0 bridgehead atoms. The van der Waals surface area contributed by atoms with E-state index >= 15 is 0 Å². The molecule has 0 fully saturated rings. The summed E-state index contributed by atoms with van der Waals surface area (Å²) in [6.07, 6.45) is 1.32. The molecule has 0 saturated carbocycles. The largest absolute Gasteiger partial charge is 0.506 e. The summed E-state index contributed by atoms with van der Waals surface area (Å²) in [6, 6.07) is 15.4. The van der Waals surface area contributed by atoms with E-state index in [9.17, 15) is 9.90 Å². The lowest BCUT2D eigenvalue weighted by Gasteiger charge is -2.07. The van der Waals surface area contributed by atoms with Crippen LogP contribution in [0.5, 0.6) is 5.75 Å². The van der Waals surface area contributed by atoms with E-state index in [-0.39, 0.29) is 17.0 Å². The zero-order valence-corrected chi connectivity index (χ0v) is 12.8. The highest BCUT2D eigenvalue weighted by Gasteiger charge is 2.11. The van der Waals surface area contributed by atoms with E-state index in [0.717, 1.165) is 5.56 Å². The smallest absolute Gasteiger partial charge is 0.267 e. The van der Waals surface area contributed by atoms with Gasteiger partial charge in [0, 0.05) is 17.8 Å². The average molecular weight is 328 g/mol. The molecule has 5 nitrogen and oxygen atoms in total. The van der Waals surface area contributed by atoms with Crippen molar-refractivity contribution in [2.75, 3.05) is 5.32 Å². The lowest BCUT2D eigenvalue weighted by atomic mass is 10.2. The maximum atomic E-state index is 12.0. The van der Waals surface area contributed by atoms with Crippen molar-refractivity contribution < 1.29 is 9.90 Å². The average Bonchev–Trinajstić information content (AvgIpc) is 2.55. The molecule has 6 heteroatoms. The number of phenolic OH excluding ortho intramolecular Hbond substituents is 1. The van der Waals surface area contributed by atoms with Crippen LogP contribution in [0.25, 0.3) is 0 Å². The van der Waals surface area contributed by atoms with Gasteiger partial charge >= 0.3 is 0 Å². The second kappa shape index (κ2) is 7.87. The van der Waals surface area contributed by atoms with E-state index in [0.29, 0.717) is 11.6 Å². The van der Waals surface area contributed by atoms with Crippen LogP contribution < -0.4 is 10.6 Å². The van der Waals surface area contributed by atoms with Crippen molar-refractivity contribution in [3.63, 3.8) is 0 Å². The van der Waals surface area contributed by atoms with E-state index in [4.69, 9.17) is 16.9 Å². The van der Waals surface area contributed by atoms with E-state index in [1.807, 2.05) is 24.3 Å². The van der Waals surface area contributed by atoms with Crippen molar-refractivity contribution in [2.24, 2.45) is 0 Å². The molecule has 0 aliphatic carbocycles.